The van der Waals surface area contributed by atoms with Crippen LogP contribution in [-0.4, -0.2) is 9.78 Å². The first-order chi connectivity index (χ1) is 6.07. The van der Waals surface area contributed by atoms with Crippen LogP contribution in [0.3, 0.4) is 0 Å². The van der Waals surface area contributed by atoms with Crippen LogP contribution in [-0.2, 0) is 6.42 Å². The van der Waals surface area contributed by atoms with Gasteiger partial charge in [0.2, 0.25) is 0 Å². The third-order valence-corrected chi connectivity index (χ3v) is 2.38. The van der Waals surface area contributed by atoms with Gasteiger partial charge in [0, 0.05) is 11.7 Å². The molecular weight excluding hydrogens is 160 g/mol. The van der Waals surface area contributed by atoms with Crippen LogP contribution in [0, 0.1) is 0 Å². The molecule has 1 aromatic heterocycles. The summed E-state index contributed by atoms with van der Waals surface area (Å²) in [6.45, 7) is 11.0. The van der Waals surface area contributed by atoms with Crippen molar-refractivity contribution in [1.29, 1.82) is 0 Å². The molecule has 0 aliphatic rings. The molecule has 0 atom stereocenters. The first kappa shape index (κ1) is 10.3. The number of rotatable bonds is 3. The minimum atomic E-state index is 0.474. The molecule has 0 fully saturated rings. The van der Waals surface area contributed by atoms with E-state index in [4.69, 9.17) is 0 Å². The quantitative estimate of drug-likeness (QED) is 0.698. The highest BCUT2D eigenvalue weighted by atomic mass is 15.3. The zero-order valence-corrected chi connectivity index (χ0v) is 9.33. The highest BCUT2D eigenvalue weighted by Gasteiger charge is 2.13. The predicted octanol–water partition coefficient (Wildman–Crippen LogP) is 3.15. The average molecular weight is 180 g/mol. The summed E-state index contributed by atoms with van der Waals surface area (Å²) in [6, 6.07) is 0.474. The Balaban J connectivity index is 3.10. The highest BCUT2D eigenvalue weighted by Crippen LogP contribution is 2.21. The third-order valence-electron chi connectivity index (χ3n) is 2.38. The van der Waals surface area contributed by atoms with E-state index in [0.717, 1.165) is 6.42 Å². The lowest BCUT2D eigenvalue weighted by Gasteiger charge is -2.12. The van der Waals surface area contributed by atoms with Crippen LogP contribution in [0.1, 0.15) is 57.8 Å². The molecule has 2 nitrogen and oxygen atoms in total. The molecule has 0 unspecified atom stereocenters. The van der Waals surface area contributed by atoms with Gasteiger partial charge in [0.15, 0.2) is 0 Å². The first-order valence-corrected chi connectivity index (χ1v) is 5.14. The normalized spacial score (nSPS) is 11.6. The van der Waals surface area contributed by atoms with Crippen molar-refractivity contribution in [2.45, 2.75) is 53.0 Å². The van der Waals surface area contributed by atoms with E-state index >= 15 is 0 Å². The lowest BCUT2D eigenvalue weighted by Crippen LogP contribution is -2.08. The second-order valence-electron chi connectivity index (χ2n) is 4.09. The van der Waals surface area contributed by atoms with Gasteiger partial charge in [0.1, 0.15) is 0 Å². The molecule has 0 saturated carbocycles. The molecular formula is C11H20N2. The molecule has 1 aromatic rings. The molecule has 0 spiro atoms. The van der Waals surface area contributed by atoms with Crippen molar-refractivity contribution < 1.29 is 0 Å². The molecule has 0 aliphatic carbocycles. The first-order valence-electron chi connectivity index (χ1n) is 5.14. The Labute approximate surface area is 81.0 Å². The summed E-state index contributed by atoms with van der Waals surface area (Å²) in [7, 11) is 0. The van der Waals surface area contributed by atoms with Gasteiger partial charge in [-0.15, -0.1) is 0 Å². The van der Waals surface area contributed by atoms with E-state index in [0.29, 0.717) is 12.0 Å². The van der Waals surface area contributed by atoms with E-state index in [9.17, 15) is 0 Å². The van der Waals surface area contributed by atoms with Gasteiger partial charge in [0.05, 0.1) is 6.20 Å². The van der Waals surface area contributed by atoms with Gasteiger partial charge in [-0.2, -0.15) is 5.10 Å². The molecule has 0 radical (unpaired) electrons. The Kier molecular flexibility index (Phi) is 3.12. The summed E-state index contributed by atoms with van der Waals surface area (Å²) in [5, 5.41) is 4.42. The Morgan fingerprint density at radius 2 is 1.92 bits per heavy atom. The van der Waals surface area contributed by atoms with Gasteiger partial charge in [0.25, 0.3) is 0 Å². The molecule has 0 N–H and O–H groups in total. The van der Waals surface area contributed by atoms with Crippen LogP contribution >= 0.6 is 0 Å². The minimum Gasteiger partial charge on any atom is -0.267 e. The van der Waals surface area contributed by atoms with Crippen LogP contribution in [0.4, 0.5) is 0 Å². The second-order valence-corrected chi connectivity index (χ2v) is 4.09. The molecule has 0 bridgehead atoms. The van der Waals surface area contributed by atoms with Crippen molar-refractivity contribution in [3.8, 4) is 0 Å². The Hall–Kier alpha value is -0.790. The van der Waals surface area contributed by atoms with Gasteiger partial charge in [-0.1, -0.05) is 20.8 Å². The van der Waals surface area contributed by atoms with Crippen LogP contribution in [0.25, 0.3) is 0 Å². The van der Waals surface area contributed by atoms with Crippen molar-refractivity contribution in [3.63, 3.8) is 0 Å². The standard InChI is InChI=1S/C11H20N2/c1-6-11-10(8(2)3)7-12-13(11)9(4)5/h7-9H,6H2,1-5H3. The molecule has 74 valence electrons. The predicted molar refractivity (Wildman–Crippen MR) is 56.1 cm³/mol. The fraction of sp³-hybridized carbons (Fsp3) is 0.727. The molecule has 13 heavy (non-hydrogen) atoms. The van der Waals surface area contributed by atoms with Crippen molar-refractivity contribution in [3.05, 3.63) is 17.5 Å². The smallest absolute Gasteiger partial charge is 0.0527 e. The fourth-order valence-corrected chi connectivity index (χ4v) is 1.69. The van der Waals surface area contributed by atoms with E-state index in [1.165, 1.54) is 11.3 Å². The zero-order valence-electron chi connectivity index (χ0n) is 9.33. The number of hydrogen-bond acceptors (Lipinski definition) is 1. The maximum atomic E-state index is 4.42. The topological polar surface area (TPSA) is 17.8 Å². The largest absolute Gasteiger partial charge is 0.267 e. The summed E-state index contributed by atoms with van der Waals surface area (Å²) in [4.78, 5) is 0. The van der Waals surface area contributed by atoms with E-state index in [2.05, 4.69) is 44.4 Å². The maximum absolute atomic E-state index is 4.42. The summed E-state index contributed by atoms with van der Waals surface area (Å²) in [5.74, 6) is 0.586. The van der Waals surface area contributed by atoms with Crippen LogP contribution < -0.4 is 0 Å². The summed E-state index contributed by atoms with van der Waals surface area (Å²) in [5.41, 5.74) is 2.79. The Morgan fingerprint density at radius 3 is 2.31 bits per heavy atom. The van der Waals surface area contributed by atoms with Crippen LogP contribution in [0.2, 0.25) is 0 Å². The van der Waals surface area contributed by atoms with E-state index in [1.807, 2.05) is 6.20 Å². The molecule has 0 amide bonds. The molecule has 0 aromatic carbocycles. The SMILES string of the molecule is CCc1c(C(C)C)cnn1C(C)C. The van der Waals surface area contributed by atoms with Crippen molar-refractivity contribution >= 4 is 0 Å². The number of aromatic nitrogens is 2. The van der Waals surface area contributed by atoms with Crippen LogP contribution in [0.15, 0.2) is 6.20 Å². The van der Waals surface area contributed by atoms with Gasteiger partial charge in [-0.05, 0) is 31.7 Å². The van der Waals surface area contributed by atoms with Crippen molar-refractivity contribution in [2.75, 3.05) is 0 Å². The summed E-state index contributed by atoms with van der Waals surface area (Å²) in [6.07, 6.45) is 3.09. The van der Waals surface area contributed by atoms with Gasteiger partial charge >= 0.3 is 0 Å². The number of nitrogens with zero attached hydrogens (tertiary/aromatic N) is 2. The summed E-state index contributed by atoms with van der Waals surface area (Å²) < 4.78 is 2.13. The van der Waals surface area contributed by atoms with Gasteiger partial charge < -0.3 is 0 Å². The van der Waals surface area contributed by atoms with E-state index in [1.54, 1.807) is 0 Å². The average Bonchev–Trinajstić information content (AvgIpc) is 2.46. The fourth-order valence-electron chi connectivity index (χ4n) is 1.69. The highest BCUT2D eigenvalue weighted by molar-refractivity contribution is 5.21. The van der Waals surface area contributed by atoms with Crippen molar-refractivity contribution in [1.82, 2.24) is 9.78 Å². The van der Waals surface area contributed by atoms with E-state index in [-0.39, 0.29) is 0 Å². The summed E-state index contributed by atoms with van der Waals surface area (Å²) >= 11 is 0. The number of hydrogen-bond donors (Lipinski definition) is 0. The molecule has 1 heterocycles. The van der Waals surface area contributed by atoms with E-state index < -0.39 is 0 Å². The lowest BCUT2D eigenvalue weighted by atomic mass is 10.0. The monoisotopic (exact) mass is 180 g/mol. The van der Waals surface area contributed by atoms with Crippen molar-refractivity contribution in [2.24, 2.45) is 0 Å². The molecule has 0 aliphatic heterocycles. The zero-order chi connectivity index (χ0) is 10.0. The second kappa shape index (κ2) is 3.95. The van der Waals surface area contributed by atoms with Gasteiger partial charge in [-0.3, -0.25) is 4.68 Å². The molecule has 0 saturated heterocycles. The Morgan fingerprint density at radius 1 is 1.31 bits per heavy atom. The lowest BCUT2D eigenvalue weighted by molar-refractivity contribution is 0.510. The van der Waals surface area contributed by atoms with Gasteiger partial charge in [-0.25, -0.2) is 0 Å². The Bertz CT molecular complexity index is 246. The van der Waals surface area contributed by atoms with Crippen LogP contribution in [0.5, 0.6) is 0 Å². The molecule has 2 heteroatoms. The minimum absolute atomic E-state index is 0.474. The third kappa shape index (κ3) is 1.93. The maximum Gasteiger partial charge on any atom is 0.0527 e. The molecule has 1 rings (SSSR count).